The van der Waals surface area contributed by atoms with Crippen LogP contribution in [-0.4, -0.2) is 19.2 Å². The summed E-state index contributed by atoms with van der Waals surface area (Å²) in [5.74, 6) is -1.86. The standard InChI is InChI=1S/C23H21F2NO3S/c1-15(17-6-9-23(27)26(2)14-17)10-22(18-11-19(24)13-20(25)12-18)16-4-7-21(8-5-16)30(3,28)29/h4-9,11-14,22H,1,10H2,2-3H3. The molecule has 0 aliphatic rings. The molecule has 4 nitrogen and oxygen atoms in total. The van der Waals surface area contributed by atoms with Gasteiger partial charge >= 0.3 is 0 Å². The van der Waals surface area contributed by atoms with E-state index in [-0.39, 0.29) is 10.5 Å². The van der Waals surface area contributed by atoms with Gasteiger partial charge in [-0.05, 0) is 59.0 Å². The second kappa shape index (κ2) is 8.36. The normalized spacial score (nSPS) is 12.5. The van der Waals surface area contributed by atoms with E-state index in [1.807, 2.05) is 0 Å². The van der Waals surface area contributed by atoms with Crippen LogP contribution in [0.1, 0.15) is 29.0 Å². The SMILES string of the molecule is C=C(CC(c1ccc(S(C)(=O)=O)cc1)c1cc(F)cc(F)c1)c1ccc(=O)n(C)c1. The van der Waals surface area contributed by atoms with Gasteiger partial charge in [-0.15, -0.1) is 0 Å². The Balaban J connectivity index is 2.04. The summed E-state index contributed by atoms with van der Waals surface area (Å²) in [6.07, 6.45) is 3.09. The fraction of sp³-hybridized carbons (Fsp3) is 0.174. The van der Waals surface area contributed by atoms with Gasteiger partial charge in [-0.25, -0.2) is 17.2 Å². The smallest absolute Gasteiger partial charge is 0.250 e. The van der Waals surface area contributed by atoms with E-state index in [9.17, 15) is 22.0 Å². The van der Waals surface area contributed by atoms with E-state index in [4.69, 9.17) is 0 Å². The number of aromatic nitrogens is 1. The van der Waals surface area contributed by atoms with Crippen LogP contribution >= 0.6 is 0 Å². The maximum atomic E-state index is 13.9. The Kier molecular flexibility index (Phi) is 6.03. The average molecular weight is 429 g/mol. The van der Waals surface area contributed by atoms with Gasteiger partial charge in [-0.3, -0.25) is 4.79 Å². The Morgan fingerprint density at radius 2 is 1.60 bits per heavy atom. The number of rotatable bonds is 6. The van der Waals surface area contributed by atoms with Crippen molar-refractivity contribution in [2.24, 2.45) is 7.05 Å². The summed E-state index contributed by atoms with van der Waals surface area (Å²) >= 11 is 0. The summed E-state index contributed by atoms with van der Waals surface area (Å²) in [5, 5.41) is 0. The molecule has 3 rings (SSSR count). The highest BCUT2D eigenvalue weighted by Gasteiger charge is 2.19. The number of halogens is 2. The van der Waals surface area contributed by atoms with E-state index in [1.165, 1.54) is 34.9 Å². The molecule has 0 bridgehead atoms. The summed E-state index contributed by atoms with van der Waals surface area (Å²) in [6.45, 7) is 4.09. The van der Waals surface area contributed by atoms with Crippen molar-refractivity contribution in [1.82, 2.24) is 4.57 Å². The molecule has 0 amide bonds. The first kappa shape index (κ1) is 21.6. The Morgan fingerprint density at radius 1 is 1.00 bits per heavy atom. The van der Waals surface area contributed by atoms with Crippen LogP contribution < -0.4 is 5.56 Å². The highest BCUT2D eigenvalue weighted by atomic mass is 32.2. The molecule has 0 saturated carbocycles. The zero-order valence-electron chi connectivity index (χ0n) is 16.6. The number of nitrogens with zero attached hydrogens (tertiary/aromatic N) is 1. The van der Waals surface area contributed by atoms with Gasteiger partial charge in [0.15, 0.2) is 9.84 Å². The minimum absolute atomic E-state index is 0.160. The summed E-state index contributed by atoms with van der Waals surface area (Å²) < 4.78 is 52.7. The fourth-order valence-corrected chi connectivity index (χ4v) is 3.95. The van der Waals surface area contributed by atoms with E-state index >= 15 is 0 Å². The van der Waals surface area contributed by atoms with Crippen molar-refractivity contribution in [3.63, 3.8) is 0 Å². The quantitative estimate of drug-likeness (QED) is 0.587. The predicted octanol–water partition coefficient (Wildman–Crippen LogP) is 4.30. The van der Waals surface area contributed by atoms with Crippen LogP contribution in [0.2, 0.25) is 0 Å². The van der Waals surface area contributed by atoms with Crippen LogP contribution in [-0.2, 0) is 16.9 Å². The number of allylic oxidation sites excluding steroid dienone is 1. The van der Waals surface area contributed by atoms with Crippen LogP contribution in [0, 0.1) is 11.6 Å². The van der Waals surface area contributed by atoms with E-state index < -0.39 is 27.4 Å². The molecule has 1 heterocycles. The zero-order chi connectivity index (χ0) is 22.1. The highest BCUT2D eigenvalue weighted by Crippen LogP contribution is 2.34. The lowest BCUT2D eigenvalue weighted by atomic mass is 9.84. The first-order chi connectivity index (χ1) is 14.0. The van der Waals surface area contributed by atoms with Gasteiger partial charge in [0.25, 0.3) is 0 Å². The number of hydrogen-bond donors (Lipinski definition) is 0. The Hall–Kier alpha value is -3.06. The predicted molar refractivity (Wildman–Crippen MR) is 113 cm³/mol. The molecular weight excluding hydrogens is 408 g/mol. The molecule has 1 unspecified atom stereocenters. The highest BCUT2D eigenvalue weighted by molar-refractivity contribution is 7.90. The molecule has 1 aromatic heterocycles. The minimum Gasteiger partial charge on any atom is -0.318 e. The molecule has 3 aromatic rings. The maximum Gasteiger partial charge on any atom is 0.250 e. The monoisotopic (exact) mass is 429 g/mol. The third kappa shape index (κ3) is 4.91. The van der Waals surface area contributed by atoms with Gasteiger partial charge < -0.3 is 4.57 Å². The number of pyridine rings is 1. The molecule has 0 saturated heterocycles. The molecule has 1 atom stereocenters. The van der Waals surface area contributed by atoms with Gasteiger partial charge in [0.2, 0.25) is 5.56 Å². The zero-order valence-corrected chi connectivity index (χ0v) is 17.4. The van der Waals surface area contributed by atoms with Crippen LogP contribution in [0.5, 0.6) is 0 Å². The molecular formula is C23H21F2NO3S. The second-order valence-electron chi connectivity index (χ2n) is 7.27. The number of sulfone groups is 1. The van der Waals surface area contributed by atoms with Crippen molar-refractivity contribution in [2.45, 2.75) is 17.2 Å². The van der Waals surface area contributed by atoms with Crippen molar-refractivity contribution in [1.29, 1.82) is 0 Å². The summed E-state index contributed by atoms with van der Waals surface area (Å²) in [4.78, 5) is 11.8. The van der Waals surface area contributed by atoms with Gasteiger partial charge in [0, 0.05) is 37.6 Å². The third-order valence-electron chi connectivity index (χ3n) is 4.94. The summed E-state index contributed by atoms with van der Waals surface area (Å²) in [7, 11) is -1.74. The lowest BCUT2D eigenvalue weighted by Gasteiger charge is -2.20. The third-order valence-corrected chi connectivity index (χ3v) is 6.07. The number of aryl methyl sites for hydroxylation is 1. The van der Waals surface area contributed by atoms with Gasteiger partial charge in [-0.1, -0.05) is 18.7 Å². The lowest BCUT2D eigenvalue weighted by Crippen LogP contribution is -2.15. The molecule has 0 radical (unpaired) electrons. The van der Waals surface area contributed by atoms with Crippen molar-refractivity contribution >= 4 is 15.4 Å². The fourth-order valence-electron chi connectivity index (χ4n) is 3.32. The first-order valence-corrected chi connectivity index (χ1v) is 11.0. The number of hydrogen-bond acceptors (Lipinski definition) is 3. The van der Waals surface area contributed by atoms with Crippen molar-refractivity contribution in [2.75, 3.05) is 6.26 Å². The van der Waals surface area contributed by atoms with Crippen LogP contribution in [0.15, 0.2) is 77.1 Å². The van der Waals surface area contributed by atoms with Crippen LogP contribution in [0.4, 0.5) is 8.78 Å². The minimum atomic E-state index is -3.37. The van der Waals surface area contributed by atoms with Gasteiger partial charge in [0.05, 0.1) is 4.90 Å². The maximum absolute atomic E-state index is 13.9. The van der Waals surface area contributed by atoms with E-state index in [0.717, 1.165) is 17.9 Å². The first-order valence-electron chi connectivity index (χ1n) is 9.15. The molecule has 0 aliphatic heterocycles. The van der Waals surface area contributed by atoms with Crippen molar-refractivity contribution in [3.8, 4) is 0 Å². The molecule has 0 fully saturated rings. The van der Waals surface area contributed by atoms with E-state index in [0.29, 0.717) is 23.1 Å². The van der Waals surface area contributed by atoms with Gasteiger partial charge in [-0.2, -0.15) is 0 Å². The Bertz CT molecular complexity index is 1240. The topological polar surface area (TPSA) is 56.1 Å². The molecule has 0 N–H and O–H groups in total. The Labute approximate surface area is 174 Å². The lowest BCUT2D eigenvalue weighted by molar-refractivity contribution is 0.577. The van der Waals surface area contributed by atoms with E-state index in [2.05, 4.69) is 6.58 Å². The molecule has 7 heteroatoms. The summed E-state index contributed by atoms with van der Waals surface area (Å²) in [6, 6.07) is 12.6. The van der Waals surface area contributed by atoms with Crippen molar-refractivity contribution < 1.29 is 17.2 Å². The Morgan fingerprint density at radius 3 is 2.13 bits per heavy atom. The van der Waals surface area contributed by atoms with Gasteiger partial charge in [0.1, 0.15) is 11.6 Å². The molecule has 0 spiro atoms. The molecule has 156 valence electrons. The van der Waals surface area contributed by atoms with Crippen LogP contribution in [0.25, 0.3) is 5.57 Å². The molecule has 0 aliphatic carbocycles. The van der Waals surface area contributed by atoms with Crippen molar-refractivity contribution in [3.05, 3.63) is 106 Å². The van der Waals surface area contributed by atoms with Crippen LogP contribution in [0.3, 0.4) is 0 Å². The molecule has 30 heavy (non-hydrogen) atoms. The van der Waals surface area contributed by atoms with E-state index in [1.54, 1.807) is 31.4 Å². The summed E-state index contributed by atoms with van der Waals surface area (Å²) in [5.41, 5.74) is 2.34. The average Bonchev–Trinajstić information content (AvgIpc) is 2.66. The molecule has 2 aromatic carbocycles. The largest absolute Gasteiger partial charge is 0.318 e. The second-order valence-corrected chi connectivity index (χ2v) is 9.29. The number of benzene rings is 2.